The Kier molecular flexibility index (Phi) is 4.65. The van der Waals surface area contributed by atoms with Crippen LogP contribution in [0.1, 0.15) is 23.0 Å². The summed E-state index contributed by atoms with van der Waals surface area (Å²) in [6.07, 6.45) is 2.62. The maximum Gasteiger partial charge on any atom is 0.407 e. The average molecular weight is 338 g/mol. The third kappa shape index (κ3) is 3.45. The lowest BCUT2D eigenvalue weighted by Crippen LogP contribution is -2.24. The van der Waals surface area contributed by atoms with Crippen LogP contribution in [0.4, 0.5) is 10.5 Å². The molecule has 0 saturated heterocycles. The Morgan fingerprint density at radius 1 is 1.28 bits per heavy atom. The molecular weight excluding hydrogens is 320 g/mol. The number of aromatic nitrogens is 2. The van der Waals surface area contributed by atoms with Crippen molar-refractivity contribution in [1.82, 2.24) is 14.9 Å². The van der Waals surface area contributed by atoms with Crippen molar-refractivity contribution in [2.45, 2.75) is 13.5 Å². The molecule has 0 aliphatic heterocycles. The lowest BCUT2D eigenvalue weighted by atomic mass is 10.2. The third-order valence-corrected chi connectivity index (χ3v) is 3.71. The van der Waals surface area contributed by atoms with E-state index >= 15 is 0 Å². The molecule has 0 aliphatic carbocycles. The van der Waals surface area contributed by atoms with E-state index in [1.165, 1.54) is 10.8 Å². The van der Waals surface area contributed by atoms with E-state index in [9.17, 15) is 9.59 Å². The molecule has 1 amide bonds. The molecule has 0 radical (unpaired) electrons. The Balaban J connectivity index is 1.85. The molecule has 0 spiro atoms. The minimum absolute atomic E-state index is 0.175. The molecule has 0 saturated carbocycles. The summed E-state index contributed by atoms with van der Waals surface area (Å²) < 4.78 is 6.32. The summed E-state index contributed by atoms with van der Waals surface area (Å²) in [4.78, 5) is 28.4. The number of nitrogens with two attached hydrogens (primary N) is 1. The molecular formula is C18H18N4O3. The van der Waals surface area contributed by atoms with Crippen LogP contribution in [-0.2, 0) is 11.3 Å². The second-order valence-electron chi connectivity index (χ2n) is 5.39. The van der Waals surface area contributed by atoms with Crippen LogP contribution in [0, 0.1) is 0 Å². The number of nitrogens with one attached hydrogen (secondary N) is 1. The minimum Gasteiger partial charge on any atom is -0.450 e. The summed E-state index contributed by atoms with van der Waals surface area (Å²) in [5.41, 5.74) is 8.29. The zero-order chi connectivity index (χ0) is 17.8. The van der Waals surface area contributed by atoms with Crippen LogP contribution in [0.15, 0.2) is 48.8 Å². The molecule has 128 valence electrons. The molecule has 0 aliphatic rings. The normalized spacial score (nSPS) is 10.6. The summed E-state index contributed by atoms with van der Waals surface area (Å²) in [5, 5.41) is 3.41. The number of pyridine rings is 1. The predicted octanol–water partition coefficient (Wildman–Crippen LogP) is 2.55. The minimum atomic E-state index is -0.523. The van der Waals surface area contributed by atoms with Gasteiger partial charge in [0.25, 0.3) is 5.91 Å². The van der Waals surface area contributed by atoms with Gasteiger partial charge in [-0.25, -0.2) is 4.79 Å². The Morgan fingerprint density at radius 3 is 2.88 bits per heavy atom. The van der Waals surface area contributed by atoms with Crippen LogP contribution in [0.25, 0.3) is 10.9 Å². The van der Waals surface area contributed by atoms with Crippen LogP contribution in [0.3, 0.4) is 0 Å². The van der Waals surface area contributed by atoms with Crippen LogP contribution in [0.5, 0.6) is 0 Å². The number of ether oxygens (including phenoxy) is 1. The Hall–Kier alpha value is -3.35. The SMILES string of the molecule is CCOC(=O)NCc1cc(C(=O)n2cc(N)c3ccccc32)ccn1. The van der Waals surface area contributed by atoms with E-state index in [0.717, 1.165) is 10.9 Å². The summed E-state index contributed by atoms with van der Waals surface area (Å²) in [7, 11) is 0. The van der Waals surface area contributed by atoms with Gasteiger partial charge in [-0.15, -0.1) is 0 Å². The molecule has 2 aromatic heterocycles. The average Bonchev–Trinajstić information content (AvgIpc) is 2.97. The van der Waals surface area contributed by atoms with E-state index in [2.05, 4.69) is 10.3 Å². The van der Waals surface area contributed by atoms with Crippen molar-refractivity contribution < 1.29 is 14.3 Å². The summed E-state index contributed by atoms with van der Waals surface area (Å²) in [6, 6.07) is 10.7. The van der Waals surface area contributed by atoms with Crippen molar-refractivity contribution in [3.05, 3.63) is 60.0 Å². The van der Waals surface area contributed by atoms with Gasteiger partial charge in [0, 0.05) is 23.3 Å². The quantitative estimate of drug-likeness (QED) is 0.761. The van der Waals surface area contributed by atoms with Gasteiger partial charge < -0.3 is 15.8 Å². The first-order valence-corrected chi connectivity index (χ1v) is 7.86. The summed E-state index contributed by atoms with van der Waals surface area (Å²) >= 11 is 0. The molecule has 0 bridgehead atoms. The molecule has 2 heterocycles. The van der Waals surface area contributed by atoms with Gasteiger partial charge in [0.05, 0.1) is 30.0 Å². The van der Waals surface area contributed by atoms with Gasteiger partial charge in [-0.3, -0.25) is 14.3 Å². The number of anilines is 1. The second kappa shape index (κ2) is 7.04. The topological polar surface area (TPSA) is 99.2 Å². The zero-order valence-electron chi connectivity index (χ0n) is 13.7. The number of alkyl carbamates (subject to hydrolysis) is 1. The molecule has 1 aromatic carbocycles. The number of rotatable bonds is 4. The van der Waals surface area contributed by atoms with E-state index in [4.69, 9.17) is 10.5 Å². The first kappa shape index (κ1) is 16.5. The van der Waals surface area contributed by atoms with Gasteiger partial charge in [-0.05, 0) is 25.1 Å². The van der Waals surface area contributed by atoms with Crippen molar-refractivity contribution >= 4 is 28.6 Å². The third-order valence-electron chi connectivity index (χ3n) is 3.71. The smallest absolute Gasteiger partial charge is 0.407 e. The van der Waals surface area contributed by atoms with Gasteiger partial charge in [0.15, 0.2) is 0 Å². The van der Waals surface area contributed by atoms with Crippen LogP contribution >= 0.6 is 0 Å². The first-order chi connectivity index (χ1) is 12.1. The molecule has 25 heavy (non-hydrogen) atoms. The fourth-order valence-electron chi connectivity index (χ4n) is 2.57. The number of nitrogen functional groups attached to an aromatic ring is 1. The fraction of sp³-hybridized carbons (Fsp3) is 0.167. The molecule has 3 N–H and O–H groups in total. The number of benzene rings is 1. The number of hydrogen-bond donors (Lipinski definition) is 2. The van der Waals surface area contributed by atoms with Crippen LogP contribution in [0.2, 0.25) is 0 Å². The van der Waals surface area contributed by atoms with Gasteiger partial charge in [0.2, 0.25) is 0 Å². The first-order valence-electron chi connectivity index (χ1n) is 7.86. The van der Waals surface area contributed by atoms with Crippen molar-refractivity contribution in [1.29, 1.82) is 0 Å². The Labute approximate surface area is 144 Å². The van der Waals surface area contributed by atoms with Crippen molar-refractivity contribution in [3.63, 3.8) is 0 Å². The lowest BCUT2D eigenvalue weighted by molar-refractivity contribution is 0.0965. The molecule has 0 unspecified atom stereocenters. The number of carbonyl (C=O) groups excluding carboxylic acids is 2. The van der Waals surface area contributed by atoms with Crippen LogP contribution in [-0.4, -0.2) is 28.2 Å². The molecule has 0 fully saturated rings. The molecule has 7 heteroatoms. The largest absolute Gasteiger partial charge is 0.450 e. The molecule has 7 nitrogen and oxygen atoms in total. The van der Waals surface area contributed by atoms with Gasteiger partial charge >= 0.3 is 6.09 Å². The van der Waals surface area contributed by atoms with E-state index in [1.54, 1.807) is 25.3 Å². The van der Waals surface area contributed by atoms with E-state index in [-0.39, 0.29) is 12.5 Å². The standard InChI is InChI=1S/C18H18N4O3/c1-2-25-18(24)21-10-13-9-12(7-8-20-13)17(23)22-11-15(19)14-5-3-4-6-16(14)22/h3-9,11H,2,10,19H2,1H3,(H,21,24). The zero-order valence-corrected chi connectivity index (χ0v) is 13.7. The van der Waals surface area contributed by atoms with Crippen LogP contribution < -0.4 is 11.1 Å². The van der Waals surface area contributed by atoms with Crippen molar-refractivity contribution in [2.24, 2.45) is 0 Å². The highest BCUT2D eigenvalue weighted by atomic mass is 16.5. The Bertz CT molecular complexity index is 933. The van der Waals surface area contributed by atoms with Crippen molar-refractivity contribution in [2.75, 3.05) is 12.3 Å². The number of amides is 1. The highest BCUT2D eigenvalue weighted by Gasteiger charge is 2.14. The van der Waals surface area contributed by atoms with E-state index < -0.39 is 6.09 Å². The lowest BCUT2D eigenvalue weighted by Gasteiger charge is -2.07. The maximum absolute atomic E-state index is 12.8. The number of fused-ring (bicyclic) bond motifs is 1. The number of hydrogen-bond acceptors (Lipinski definition) is 5. The highest BCUT2D eigenvalue weighted by Crippen LogP contribution is 2.24. The summed E-state index contributed by atoms with van der Waals surface area (Å²) in [5.74, 6) is -0.215. The number of carbonyl (C=O) groups is 2. The van der Waals surface area contributed by atoms with Gasteiger partial charge in [0.1, 0.15) is 0 Å². The van der Waals surface area contributed by atoms with Gasteiger partial charge in [-0.2, -0.15) is 0 Å². The number of nitrogens with zero attached hydrogens (tertiary/aromatic N) is 2. The highest BCUT2D eigenvalue weighted by molar-refractivity contribution is 6.05. The predicted molar refractivity (Wildman–Crippen MR) is 94.2 cm³/mol. The molecule has 3 rings (SSSR count). The van der Waals surface area contributed by atoms with E-state index in [0.29, 0.717) is 23.6 Å². The van der Waals surface area contributed by atoms with Gasteiger partial charge in [-0.1, -0.05) is 18.2 Å². The second-order valence-corrected chi connectivity index (χ2v) is 5.39. The van der Waals surface area contributed by atoms with E-state index in [1.807, 2.05) is 24.3 Å². The maximum atomic E-state index is 12.8. The van der Waals surface area contributed by atoms with Crippen molar-refractivity contribution in [3.8, 4) is 0 Å². The monoisotopic (exact) mass is 338 g/mol. The molecule has 0 atom stereocenters. The molecule has 3 aromatic rings. The fourth-order valence-corrected chi connectivity index (χ4v) is 2.57. The Morgan fingerprint density at radius 2 is 2.08 bits per heavy atom. The number of para-hydroxylation sites is 1. The summed E-state index contributed by atoms with van der Waals surface area (Å²) in [6.45, 7) is 2.19.